The monoisotopic (exact) mass is 558 g/mol. The molecule has 3 aromatic rings. The van der Waals surface area contributed by atoms with Gasteiger partial charge in [0.2, 0.25) is 10.0 Å². The van der Waals surface area contributed by atoms with Gasteiger partial charge in [-0.25, -0.2) is 13.4 Å². The summed E-state index contributed by atoms with van der Waals surface area (Å²) in [6.45, 7) is 12.3. The molecule has 0 spiro atoms. The molecule has 0 radical (unpaired) electrons. The summed E-state index contributed by atoms with van der Waals surface area (Å²) in [6, 6.07) is 10.4. The van der Waals surface area contributed by atoms with Crippen molar-refractivity contribution in [2.45, 2.75) is 51.5 Å². The van der Waals surface area contributed by atoms with Crippen molar-refractivity contribution in [3.8, 4) is 0 Å². The minimum Gasteiger partial charge on any atom is -0.377 e. The molecule has 1 aliphatic rings. The quantitative estimate of drug-likeness (QED) is 0.339. The average molecular weight is 559 g/mol. The van der Waals surface area contributed by atoms with Gasteiger partial charge in [0.25, 0.3) is 5.91 Å². The fourth-order valence-electron chi connectivity index (χ4n) is 4.63. The van der Waals surface area contributed by atoms with E-state index in [1.807, 2.05) is 0 Å². The second kappa shape index (κ2) is 12.2. The molecule has 2 heterocycles. The van der Waals surface area contributed by atoms with Crippen molar-refractivity contribution < 1.29 is 17.9 Å². The van der Waals surface area contributed by atoms with E-state index in [1.165, 1.54) is 33.3 Å². The first kappa shape index (κ1) is 28.6. The van der Waals surface area contributed by atoms with Crippen LogP contribution in [0.15, 0.2) is 41.3 Å². The number of thiazole rings is 1. The van der Waals surface area contributed by atoms with Crippen LogP contribution in [-0.2, 0) is 14.8 Å². The molecule has 0 bridgehead atoms. The number of carbonyl (C=O) groups is 1. The van der Waals surface area contributed by atoms with Gasteiger partial charge in [-0.05, 0) is 87.3 Å². The van der Waals surface area contributed by atoms with Crippen LogP contribution in [0.25, 0.3) is 10.2 Å². The third-order valence-corrected chi connectivity index (χ3v) is 10.2. The Bertz CT molecular complexity index is 1320. The molecular weight excluding hydrogens is 520 g/mol. The predicted molar refractivity (Wildman–Crippen MR) is 154 cm³/mol. The van der Waals surface area contributed by atoms with Gasteiger partial charge in [0.05, 0.1) is 21.2 Å². The summed E-state index contributed by atoms with van der Waals surface area (Å²) in [5.74, 6) is -0.193. The number of amides is 1. The Labute approximate surface area is 230 Å². The van der Waals surface area contributed by atoms with Gasteiger partial charge in [0.1, 0.15) is 0 Å². The van der Waals surface area contributed by atoms with E-state index in [-0.39, 0.29) is 16.9 Å². The van der Waals surface area contributed by atoms with Crippen LogP contribution in [0.3, 0.4) is 0 Å². The lowest BCUT2D eigenvalue weighted by Crippen LogP contribution is -2.39. The maximum atomic E-state index is 13.8. The topological polar surface area (TPSA) is 83.1 Å². The number of fused-ring (bicyclic) bond motifs is 1. The van der Waals surface area contributed by atoms with Crippen LogP contribution < -0.4 is 4.90 Å². The minimum atomic E-state index is -3.68. The first-order chi connectivity index (χ1) is 18.1. The molecule has 1 aliphatic heterocycles. The summed E-state index contributed by atoms with van der Waals surface area (Å²) >= 11 is 1.51. The van der Waals surface area contributed by atoms with Crippen molar-refractivity contribution in [2.24, 2.45) is 0 Å². The lowest BCUT2D eigenvalue weighted by molar-refractivity contribution is 0.0978. The molecule has 38 heavy (non-hydrogen) atoms. The smallest absolute Gasteiger partial charge is 0.260 e. The zero-order chi connectivity index (χ0) is 27.4. The number of hydrogen-bond donors (Lipinski definition) is 0. The van der Waals surface area contributed by atoms with Gasteiger partial charge in [-0.1, -0.05) is 25.2 Å². The lowest BCUT2D eigenvalue weighted by Gasteiger charge is -2.25. The van der Waals surface area contributed by atoms with E-state index in [1.54, 1.807) is 24.1 Å². The molecule has 2 aromatic carbocycles. The number of carbonyl (C=O) groups excluding carboxylic acids is 1. The van der Waals surface area contributed by atoms with Crippen molar-refractivity contribution in [3.05, 3.63) is 53.1 Å². The summed E-state index contributed by atoms with van der Waals surface area (Å²) in [6.07, 6.45) is 1.74. The molecule has 1 aromatic heterocycles. The van der Waals surface area contributed by atoms with Crippen LogP contribution in [0, 0.1) is 13.8 Å². The van der Waals surface area contributed by atoms with Gasteiger partial charge in [-0.15, -0.1) is 0 Å². The molecule has 0 aliphatic carbocycles. The molecule has 1 saturated heterocycles. The van der Waals surface area contributed by atoms with E-state index < -0.39 is 10.0 Å². The standard InChI is InChI=1S/C28H38N4O4S2/c1-6-31(7-2)14-15-32(28-29-25-17-20(3)21(4)18-26(25)37-28)27(33)22-10-12-24(13-11-22)38(34,35)30(5)19-23-9-8-16-36-23/h10-13,17-18,23H,6-9,14-16,19H2,1-5H3. The maximum Gasteiger partial charge on any atom is 0.260 e. The Hall–Kier alpha value is -2.37. The highest BCUT2D eigenvalue weighted by Crippen LogP contribution is 2.32. The Kier molecular flexibility index (Phi) is 9.20. The van der Waals surface area contributed by atoms with E-state index >= 15 is 0 Å². The highest BCUT2D eigenvalue weighted by atomic mass is 32.2. The van der Waals surface area contributed by atoms with Crippen molar-refractivity contribution in [1.82, 2.24) is 14.2 Å². The van der Waals surface area contributed by atoms with Crippen LogP contribution in [-0.4, -0.2) is 81.0 Å². The van der Waals surface area contributed by atoms with Gasteiger partial charge in [-0.3, -0.25) is 9.69 Å². The van der Waals surface area contributed by atoms with Crippen LogP contribution in [0.4, 0.5) is 5.13 Å². The fourth-order valence-corrected chi connectivity index (χ4v) is 6.90. The van der Waals surface area contributed by atoms with Crippen molar-refractivity contribution >= 4 is 42.6 Å². The number of sulfonamides is 1. The normalized spacial score (nSPS) is 16.1. The number of aryl methyl sites for hydroxylation is 2. The van der Waals surface area contributed by atoms with Gasteiger partial charge < -0.3 is 9.64 Å². The predicted octanol–water partition coefficient (Wildman–Crippen LogP) is 4.70. The molecular formula is C28H38N4O4S2. The summed E-state index contributed by atoms with van der Waals surface area (Å²) in [4.78, 5) is 22.7. The molecule has 8 nitrogen and oxygen atoms in total. The van der Waals surface area contributed by atoms with Gasteiger partial charge in [-0.2, -0.15) is 4.31 Å². The summed E-state index contributed by atoms with van der Waals surface area (Å²) in [5.41, 5.74) is 3.66. The minimum absolute atomic E-state index is 0.0728. The Balaban J connectivity index is 1.59. The fraction of sp³-hybridized carbons (Fsp3) is 0.500. The SMILES string of the molecule is CCN(CC)CCN(C(=O)c1ccc(S(=O)(=O)N(C)CC2CCCO2)cc1)c1nc2cc(C)c(C)cc2s1. The highest BCUT2D eigenvalue weighted by Gasteiger charge is 2.27. The van der Waals surface area contributed by atoms with Crippen LogP contribution >= 0.6 is 11.3 Å². The summed E-state index contributed by atoms with van der Waals surface area (Å²) in [7, 11) is -2.11. The van der Waals surface area contributed by atoms with Crippen molar-refractivity contribution in [1.29, 1.82) is 0 Å². The molecule has 206 valence electrons. The second-order valence-electron chi connectivity index (χ2n) is 9.83. The van der Waals surface area contributed by atoms with Crippen LogP contribution in [0.5, 0.6) is 0 Å². The van der Waals surface area contributed by atoms with Gasteiger partial charge >= 0.3 is 0 Å². The zero-order valence-corrected chi connectivity index (χ0v) is 24.6. The third kappa shape index (κ3) is 6.26. The summed E-state index contributed by atoms with van der Waals surface area (Å²) < 4.78 is 34.2. The molecule has 1 atom stereocenters. The van der Waals surface area contributed by atoms with E-state index in [0.29, 0.717) is 36.9 Å². The summed E-state index contributed by atoms with van der Waals surface area (Å²) in [5, 5.41) is 0.648. The molecule has 1 amide bonds. The molecule has 10 heteroatoms. The Morgan fingerprint density at radius 2 is 1.76 bits per heavy atom. The number of anilines is 1. The van der Waals surface area contributed by atoms with Crippen LogP contribution in [0.2, 0.25) is 0 Å². The average Bonchev–Trinajstić information content (AvgIpc) is 3.56. The molecule has 0 saturated carbocycles. The number of likely N-dealkylation sites (N-methyl/N-ethyl adjacent to an activating group) is 2. The maximum absolute atomic E-state index is 13.8. The molecule has 1 fully saturated rings. The second-order valence-corrected chi connectivity index (χ2v) is 12.9. The molecule has 4 rings (SSSR count). The molecule has 1 unspecified atom stereocenters. The van der Waals surface area contributed by atoms with Crippen molar-refractivity contribution in [3.63, 3.8) is 0 Å². The number of ether oxygens (including phenoxy) is 1. The molecule has 0 N–H and O–H groups in total. The first-order valence-electron chi connectivity index (χ1n) is 13.2. The first-order valence-corrected chi connectivity index (χ1v) is 15.5. The van der Waals surface area contributed by atoms with E-state index in [0.717, 1.165) is 41.7 Å². The number of benzene rings is 2. The van der Waals surface area contributed by atoms with Crippen molar-refractivity contribution in [2.75, 3.05) is 51.3 Å². The van der Waals surface area contributed by atoms with E-state index in [2.05, 4.69) is 44.7 Å². The van der Waals surface area contributed by atoms with Gasteiger partial charge in [0.15, 0.2) is 5.13 Å². The van der Waals surface area contributed by atoms with Gasteiger partial charge in [0, 0.05) is 38.9 Å². The number of nitrogens with zero attached hydrogens (tertiary/aromatic N) is 4. The number of rotatable bonds is 11. The number of hydrogen-bond acceptors (Lipinski definition) is 7. The Morgan fingerprint density at radius 1 is 1.08 bits per heavy atom. The van der Waals surface area contributed by atoms with Crippen LogP contribution in [0.1, 0.15) is 48.2 Å². The third-order valence-electron chi connectivity index (χ3n) is 7.30. The zero-order valence-electron chi connectivity index (χ0n) is 22.9. The lowest BCUT2D eigenvalue weighted by atomic mass is 10.1. The highest BCUT2D eigenvalue weighted by molar-refractivity contribution is 7.89. The van der Waals surface area contributed by atoms with E-state index in [4.69, 9.17) is 9.72 Å². The van der Waals surface area contributed by atoms with E-state index in [9.17, 15) is 13.2 Å². The Morgan fingerprint density at radius 3 is 2.39 bits per heavy atom. The largest absolute Gasteiger partial charge is 0.377 e. The number of aromatic nitrogens is 1.